The molecule has 3 nitrogen and oxygen atoms in total. The van der Waals surface area contributed by atoms with Crippen LogP contribution in [0.4, 0.5) is 0 Å². The molecule has 1 aliphatic carbocycles. The van der Waals surface area contributed by atoms with Crippen molar-refractivity contribution in [2.45, 2.75) is 38.3 Å². The minimum absolute atomic E-state index is 0.633. The fourth-order valence-corrected chi connectivity index (χ4v) is 2.75. The molecule has 1 saturated heterocycles. The van der Waals surface area contributed by atoms with E-state index in [4.69, 9.17) is 4.42 Å². The van der Waals surface area contributed by atoms with Crippen molar-refractivity contribution in [2.75, 3.05) is 20.1 Å². The first-order valence-electron chi connectivity index (χ1n) is 6.73. The Balaban J connectivity index is 1.50. The molecule has 94 valence electrons. The molecule has 1 aromatic heterocycles. The van der Waals surface area contributed by atoms with Gasteiger partial charge < -0.3 is 14.6 Å². The Bertz CT molecular complexity index is 387. The second kappa shape index (κ2) is 4.46. The summed E-state index contributed by atoms with van der Waals surface area (Å²) in [6.45, 7) is 5.53. The first kappa shape index (κ1) is 11.3. The molecule has 0 aromatic carbocycles. The normalized spacial score (nSPS) is 33.2. The summed E-state index contributed by atoms with van der Waals surface area (Å²) in [5.41, 5.74) is 0. The lowest BCUT2D eigenvalue weighted by Crippen LogP contribution is -2.30. The van der Waals surface area contributed by atoms with Crippen LogP contribution in [0.3, 0.4) is 0 Å². The minimum Gasteiger partial charge on any atom is -0.464 e. The Morgan fingerprint density at radius 2 is 2.29 bits per heavy atom. The molecular formula is C14H22N2O. The van der Waals surface area contributed by atoms with Gasteiger partial charge in [-0.25, -0.2) is 0 Å². The maximum atomic E-state index is 5.89. The summed E-state index contributed by atoms with van der Waals surface area (Å²) in [6, 6.07) is 4.92. The van der Waals surface area contributed by atoms with Crippen LogP contribution in [0.5, 0.6) is 0 Å². The van der Waals surface area contributed by atoms with Crippen LogP contribution in [-0.2, 0) is 6.54 Å². The van der Waals surface area contributed by atoms with Crippen LogP contribution in [0.25, 0.3) is 0 Å². The number of nitrogens with one attached hydrogen (secondary N) is 1. The maximum absolute atomic E-state index is 5.89. The lowest BCUT2D eigenvalue weighted by Gasteiger charge is -2.11. The minimum atomic E-state index is 0.633. The van der Waals surface area contributed by atoms with Crippen LogP contribution in [0.1, 0.15) is 37.2 Å². The Kier molecular flexibility index (Phi) is 2.97. The highest BCUT2D eigenvalue weighted by atomic mass is 16.3. The number of hydrogen-bond acceptors (Lipinski definition) is 3. The Morgan fingerprint density at radius 3 is 2.94 bits per heavy atom. The van der Waals surface area contributed by atoms with E-state index < -0.39 is 0 Å². The van der Waals surface area contributed by atoms with Gasteiger partial charge in [0.25, 0.3) is 0 Å². The first-order valence-corrected chi connectivity index (χ1v) is 6.73. The maximum Gasteiger partial charge on any atom is 0.117 e. The van der Waals surface area contributed by atoms with Gasteiger partial charge in [-0.3, -0.25) is 0 Å². The summed E-state index contributed by atoms with van der Waals surface area (Å²) >= 11 is 0. The molecule has 0 spiro atoms. The van der Waals surface area contributed by atoms with E-state index in [1.807, 2.05) is 0 Å². The zero-order chi connectivity index (χ0) is 11.8. The summed E-state index contributed by atoms with van der Waals surface area (Å²) in [7, 11) is 2.18. The van der Waals surface area contributed by atoms with Crippen LogP contribution in [0.2, 0.25) is 0 Å². The van der Waals surface area contributed by atoms with Crippen LogP contribution in [0, 0.1) is 5.92 Å². The summed E-state index contributed by atoms with van der Waals surface area (Å²) in [6.07, 6.45) is 2.55. The highest BCUT2D eigenvalue weighted by Gasteiger charge is 2.36. The molecule has 3 heteroatoms. The predicted molar refractivity (Wildman–Crippen MR) is 68.0 cm³/mol. The monoisotopic (exact) mass is 234 g/mol. The largest absolute Gasteiger partial charge is 0.464 e. The standard InChI is InChI=1S/C14H22N2O/c1-10-7-13(10)14-4-3-12(17-14)8-15-11-5-6-16(2)9-11/h3-4,10-11,13,15H,5-9H2,1-2H3. The summed E-state index contributed by atoms with van der Waals surface area (Å²) in [5.74, 6) is 3.80. The van der Waals surface area contributed by atoms with Crippen molar-refractivity contribution in [2.24, 2.45) is 5.92 Å². The van der Waals surface area contributed by atoms with Gasteiger partial charge in [-0.15, -0.1) is 0 Å². The highest BCUT2D eigenvalue weighted by molar-refractivity contribution is 5.17. The molecule has 3 atom stereocenters. The van der Waals surface area contributed by atoms with Crippen molar-refractivity contribution in [3.05, 3.63) is 23.7 Å². The third kappa shape index (κ3) is 2.55. The van der Waals surface area contributed by atoms with Gasteiger partial charge in [0.15, 0.2) is 0 Å². The van der Waals surface area contributed by atoms with Crippen molar-refractivity contribution < 1.29 is 4.42 Å². The first-order chi connectivity index (χ1) is 8.22. The van der Waals surface area contributed by atoms with Gasteiger partial charge in [0.2, 0.25) is 0 Å². The number of likely N-dealkylation sites (tertiary alicyclic amines) is 1. The van der Waals surface area contributed by atoms with E-state index in [0.29, 0.717) is 12.0 Å². The van der Waals surface area contributed by atoms with E-state index in [9.17, 15) is 0 Å². The van der Waals surface area contributed by atoms with Gasteiger partial charge >= 0.3 is 0 Å². The van der Waals surface area contributed by atoms with E-state index in [1.165, 1.54) is 25.1 Å². The molecule has 1 aromatic rings. The average molecular weight is 234 g/mol. The number of nitrogens with zero attached hydrogens (tertiary/aromatic N) is 1. The topological polar surface area (TPSA) is 28.4 Å². The SMILES string of the molecule is CC1CC1c1ccc(CNC2CCN(C)C2)o1. The summed E-state index contributed by atoms with van der Waals surface area (Å²) < 4.78 is 5.89. The van der Waals surface area contributed by atoms with Gasteiger partial charge in [0.05, 0.1) is 6.54 Å². The van der Waals surface area contributed by atoms with Gasteiger partial charge in [-0.2, -0.15) is 0 Å². The molecule has 0 amide bonds. The molecule has 17 heavy (non-hydrogen) atoms. The second-order valence-electron chi connectivity index (χ2n) is 5.75. The van der Waals surface area contributed by atoms with E-state index in [2.05, 4.69) is 36.3 Å². The van der Waals surface area contributed by atoms with E-state index in [0.717, 1.165) is 24.8 Å². The van der Waals surface area contributed by atoms with Gasteiger partial charge in [0, 0.05) is 18.5 Å². The molecule has 3 unspecified atom stereocenters. The molecule has 0 bridgehead atoms. The summed E-state index contributed by atoms with van der Waals surface area (Å²) in [5, 5.41) is 3.58. The van der Waals surface area contributed by atoms with Crippen LogP contribution >= 0.6 is 0 Å². The van der Waals surface area contributed by atoms with E-state index in [-0.39, 0.29) is 0 Å². The third-order valence-electron chi connectivity index (χ3n) is 4.11. The molecule has 3 rings (SSSR count). The van der Waals surface area contributed by atoms with Gasteiger partial charge in [-0.1, -0.05) is 6.92 Å². The molecular weight excluding hydrogens is 212 g/mol. The molecule has 0 radical (unpaired) electrons. The lowest BCUT2D eigenvalue weighted by atomic mass is 10.2. The lowest BCUT2D eigenvalue weighted by molar-refractivity contribution is 0.386. The number of furan rings is 1. The molecule has 2 fully saturated rings. The van der Waals surface area contributed by atoms with Crippen molar-refractivity contribution in [1.29, 1.82) is 0 Å². The molecule has 1 aliphatic heterocycles. The quantitative estimate of drug-likeness (QED) is 0.865. The van der Waals surface area contributed by atoms with Crippen molar-refractivity contribution in [3.8, 4) is 0 Å². The van der Waals surface area contributed by atoms with E-state index >= 15 is 0 Å². The zero-order valence-electron chi connectivity index (χ0n) is 10.8. The van der Waals surface area contributed by atoms with Crippen molar-refractivity contribution in [1.82, 2.24) is 10.2 Å². The Hall–Kier alpha value is -0.800. The molecule has 2 heterocycles. The van der Waals surface area contributed by atoms with Crippen LogP contribution in [-0.4, -0.2) is 31.1 Å². The number of likely N-dealkylation sites (N-methyl/N-ethyl adjacent to an activating group) is 1. The highest BCUT2D eigenvalue weighted by Crippen LogP contribution is 2.47. The fourth-order valence-electron chi connectivity index (χ4n) is 2.75. The molecule has 1 N–H and O–H groups in total. The Morgan fingerprint density at radius 1 is 1.47 bits per heavy atom. The van der Waals surface area contributed by atoms with Gasteiger partial charge in [-0.05, 0) is 44.5 Å². The van der Waals surface area contributed by atoms with Crippen molar-refractivity contribution in [3.63, 3.8) is 0 Å². The summed E-state index contributed by atoms with van der Waals surface area (Å²) in [4.78, 5) is 2.37. The second-order valence-corrected chi connectivity index (χ2v) is 5.75. The average Bonchev–Trinajstić information content (AvgIpc) is 2.76. The fraction of sp³-hybridized carbons (Fsp3) is 0.714. The molecule has 1 saturated carbocycles. The Labute approximate surface area is 103 Å². The van der Waals surface area contributed by atoms with Crippen LogP contribution in [0.15, 0.2) is 16.5 Å². The predicted octanol–water partition coefficient (Wildman–Crippen LogP) is 2.20. The molecule has 2 aliphatic rings. The number of hydrogen-bond donors (Lipinski definition) is 1. The smallest absolute Gasteiger partial charge is 0.117 e. The number of rotatable bonds is 4. The van der Waals surface area contributed by atoms with E-state index in [1.54, 1.807) is 0 Å². The zero-order valence-corrected chi connectivity index (χ0v) is 10.8. The van der Waals surface area contributed by atoms with Gasteiger partial charge in [0.1, 0.15) is 11.5 Å². The third-order valence-corrected chi connectivity index (χ3v) is 4.11. The van der Waals surface area contributed by atoms with Crippen molar-refractivity contribution >= 4 is 0 Å². The van der Waals surface area contributed by atoms with Crippen LogP contribution < -0.4 is 5.32 Å².